The van der Waals surface area contributed by atoms with E-state index in [9.17, 15) is 0 Å². The number of rotatable bonds is 4. The van der Waals surface area contributed by atoms with Gasteiger partial charge in [-0.05, 0) is 216 Å². The molecule has 1 aliphatic rings. The second kappa shape index (κ2) is 13.3. The molecule has 0 fully saturated rings. The van der Waals surface area contributed by atoms with Crippen molar-refractivity contribution in [2.45, 2.75) is 39.5 Å². The van der Waals surface area contributed by atoms with Crippen molar-refractivity contribution in [1.82, 2.24) is 0 Å². The lowest BCUT2D eigenvalue weighted by atomic mass is 9.80. The third-order valence-electron chi connectivity index (χ3n) is 16.6. The fraction of sp³-hybridized carbons (Fsp3) is 0.0882. The van der Waals surface area contributed by atoms with Gasteiger partial charge in [0.1, 0.15) is 11.6 Å². The van der Waals surface area contributed by atoms with Crippen LogP contribution in [0.2, 0.25) is 0 Å². The van der Waals surface area contributed by atoms with Crippen LogP contribution in [0.1, 0.15) is 50.7 Å². The third kappa shape index (κ3) is 4.61. The van der Waals surface area contributed by atoms with Gasteiger partial charge in [-0.1, -0.05) is 167 Å². The van der Waals surface area contributed by atoms with Crippen LogP contribution in [-0.4, -0.2) is 0 Å². The SMILES string of the molecule is CC(C)c1c2c(c(C(C)C)c3ccccc13)-c1ccc3c4ccc5c6c(-c7ccc(F)cc7)c7c(cc8c9ccccc9c9cccc7c98)c(-c7ccc(F)cc7)c6c6ccc(c7ccc-2c1c73)c4c65. The highest BCUT2D eigenvalue weighted by Crippen LogP contribution is 2.60. The van der Waals surface area contributed by atoms with Crippen molar-refractivity contribution in [3.63, 3.8) is 0 Å². The Morgan fingerprint density at radius 3 is 1.19 bits per heavy atom. The molecule has 2 heteroatoms. The molecule has 0 heterocycles. The van der Waals surface area contributed by atoms with Gasteiger partial charge in [0, 0.05) is 0 Å². The average Bonchev–Trinajstić information content (AvgIpc) is 4.01. The smallest absolute Gasteiger partial charge is 0.123 e. The van der Waals surface area contributed by atoms with Crippen LogP contribution in [0.25, 0.3) is 163 Å². The Bertz CT molecular complexity index is 4690. The molecular weight excluding hydrogens is 855 g/mol. The summed E-state index contributed by atoms with van der Waals surface area (Å²) in [6.07, 6.45) is 0. The van der Waals surface area contributed by atoms with E-state index in [1.165, 1.54) is 125 Å². The Labute approximate surface area is 402 Å². The maximum atomic E-state index is 15.1. The molecule has 1 aliphatic carbocycles. The van der Waals surface area contributed by atoms with Crippen LogP contribution in [0, 0.1) is 11.6 Å². The van der Waals surface area contributed by atoms with Gasteiger partial charge in [0.2, 0.25) is 0 Å². The van der Waals surface area contributed by atoms with Gasteiger partial charge in [-0.3, -0.25) is 0 Å². The first-order chi connectivity index (χ1) is 34.3. The van der Waals surface area contributed by atoms with Gasteiger partial charge in [-0.2, -0.15) is 0 Å². The zero-order valence-corrected chi connectivity index (χ0v) is 39.1. The molecule has 0 aromatic heterocycles. The second-order valence-corrected chi connectivity index (χ2v) is 20.7. The first-order valence-electron chi connectivity index (χ1n) is 24.8. The fourth-order valence-corrected chi connectivity index (χ4v) is 14.2. The van der Waals surface area contributed by atoms with E-state index < -0.39 is 0 Å². The van der Waals surface area contributed by atoms with E-state index in [0.29, 0.717) is 11.8 Å². The van der Waals surface area contributed by atoms with Gasteiger partial charge in [-0.25, -0.2) is 8.78 Å². The molecule has 0 N–H and O–H groups in total. The van der Waals surface area contributed by atoms with Crippen LogP contribution in [0.5, 0.6) is 0 Å². The molecule has 328 valence electrons. The highest BCUT2D eigenvalue weighted by Gasteiger charge is 2.34. The van der Waals surface area contributed by atoms with Crippen molar-refractivity contribution in [3.05, 3.63) is 193 Å². The Balaban J connectivity index is 1.11. The molecule has 15 aromatic rings. The summed E-state index contributed by atoms with van der Waals surface area (Å²) in [6, 6.07) is 60.2. The van der Waals surface area contributed by atoms with Crippen molar-refractivity contribution in [2.24, 2.45) is 0 Å². The Hall–Kier alpha value is -8.20. The topological polar surface area (TPSA) is 0 Å². The van der Waals surface area contributed by atoms with Crippen molar-refractivity contribution < 1.29 is 8.78 Å². The van der Waals surface area contributed by atoms with Gasteiger partial charge in [0.15, 0.2) is 0 Å². The molecule has 0 saturated carbocycles. The van der Waals surface area contributed by atoms with E-state index in [4.69, 9.17) is 0 Å². The minimum atomic E-state index is -0.266. The summed E-state index contributed by atoms with van der Waals surface area (Å²) in [4.78, 5) is 0. The third-order valence-corrected chi connectivity index (χ3v) is 16.6. The molecule has 70 heavy (non-hydrogen) atoms. The molecular formula is C68H42F2. The number of hydrogen-bond donors (Lipinski definition) is 0. The maximum Gasteiger partial charge on any atom is 0.123 e. The van der Waals surface area contributed by atoms with E-state index in [2.05, 4.69) is 149 Å². The zero-order chi connectivity index (χ0) is 46.6. The second-order valence-electron chi connectivity index (χ2n) is 20.7. The molecule has 0 atom stereocenters. The van der Waals surface area contributed by atoms with E-state index in [1.807, 2.05) is 24.3 Å². The number of fused-ring (bicyclic) bond motifs is 14. The molecule has 16 rings (SSSR count). The van der Waals surface area contributed by atoms with E-state index in [-0.39, 0.29) is 11.6 Å². The Kier molecular flexibility index (Phi) is 7.37. The molecule has 0 radical (unpaired) electrons. The molecule has 0 unspecified atom stereocenters. The van der Waals surface area contributed by atoms with Crippen LogP contribution in [0.4, 0.5) is 8.78 Å². The number of benzene rings is 13. The number of halogens is 2. The monoisotopic (exact) mass is 896 g/mol. The molecule has 15 aromatic carbocycles. The number of hydrogen-bond acceptors (Lipinski definition) is 0. The maximum absolute atomic E-state index is 15.1. The summed E-state index contributed by atoms with van der Waals surface area (Å²) in [5.41, 5.74) is 12.5. The predicted molar refractivity (Wildman–Crippen MR) is 296 cm³/mol. The lowest BCUT2D eigenvalue weighted by Crippen LogP contribution is -2.01. The largest absolute Gasteiger partial charge is 0.207 e. The quantitative estimate of drug-likeness (QED) is 0.122. The van der Waals surface area contributed by atoms with Crippen molar-refractivity contribution in [1.29, 1.82) is 0 Å². The Morgan fingerprint density at radius 1 is 0.257 bits per heavy atom. The van der Waals surface area contributed by atoms with Crippen molar-refractivity contribution >= 4 is 118 Å². The summed E-state index contributed by atoms with van der Waals surface area (Å²) >= 11 is 0. The molecule has 0 nitrogen and oxygen atoms in total. The van der Waals surface area contributed by atoms with E-state index in [0.717, 1.165) is 49.2 Å². The van der Waals surface area contributed by atoms with Crippen LogP contribution in [0.15, 0.2) is 170 Å². The van der Waals surface area contributed by atoms with Crippen molar-refractivity contribution in [2.75, 3.05) is 0 Å². The normalized spacial score (nSPS) is 13.0. The fourth-order valence-electron chi connectivity index (χ4n) is 14.2. The predicted octanol–water partition coefficient (Wildman–Crippen LogP) is 20.2. The molecule has 0 spiro atoms. The summed E-state index contributed by atoms with van der Waals surface area (Å²) in [5.74, 6) is 0.148. The van der Waals surface area contributed by atoms with Crippen LogP contribution in [0.3, 0.4) is 0 Å². The summed E-state index contributed by atoms with van der Waals surface area (Å²) < 4.78 is 30.1. The summed E-state index contributed by atoms with van der Waals surface area (Å²) in [6.45, 7) is 9.41. The lowest BCUT2D eigenvalue weighted by Gasteiger charge is -2.23. The van der Waals surface area contributed by atoms with Crippen LogP contribution < -0.4 is 0 Å². The van der Waals surface area contributed by atoms with E-state index in [1.54, 1.807) is 24.3 Å². The lowest BCUT2D eigenvalue weighted by molar-refractivity contribution is 0.627. The molecule has 0 saturated heterocycles. The summed E-state index contributed by atoms with van der Waals surface area (Å²) in [7, 11) is 0. The van der Waals surface area contributed by atoms with Crippen LogP contribution in [-0.2, 0) is 0 Å². The summed E-state index contributed by atoms with van der Waals surface area (Å²) in [5, 5.41) is 27.0. The van der Waals surface area contributed by atoms with Crippen LogP contribution >= 0.6 is 0 Å². The Morgan fingerprint density at radius 2 is 0.643 bits per heavy atom. The van der Waals surface area contributed by atoms with Crippen molar-refractivity contribution in [3.8, 4) is 44.5 Å². The van der Waals surface area contributed by atoms with Gasteiger partial charge in [-0.15, -0.1) is 0 Å². The minimum Gasteiger partial charge on any atom is -0.207 e. The minimum absolute atomic E-state index is 0.266. The molecule has 0 aliphatic heterocycles. The van der Waals surface area contributed by atoms with Gasteiger partial charge in [0.05, 0.1) is 0 Å². The van der Waals surface area contributed by atoms with Gasteiger partial charge in [0.25, 0.3) is 0 Å². The highest BCUT2D eigenvalue weighted by molar-refractivity contribution is 6.49. The average molecular weight is 897 g/mol. The molecule has 0 amide bonds. The van der Waals surface area contributed by atoms with Gasteiger partial charge < -0.3 is 0 Å². The van der Waals surface area contributed by atoms with E-state index >= 15 is 8.78 Å². The first-order valence-corrected chi connectivity index (χ1v) is 24.8. The van der Waals surface area contributed by atoms with Gasteiger partial charge >= 0.3 is 0 Å². The molecule has 0 bridgehead atoms. The standard InChI is InChI=1S/C68H42F2/c1-33(2)55-42-12-7-8-13-43(42)56(34(3)4)66-50-29-25-45-47-27-31-52-63-51(30-26-46(61(47)63)44-24-28-49(65(55)66)62(50)60(44)45)67-57(35-16-20-37(69)21-17-35)54-32-53-40-11-6-5-10-39(40)41-14-9-15-48(59(41)53)64(54)58(68(52)67)36-18-22-38(70)23-19-36/h5-34H,1-4H3. The zero-order valence-electron chi connectivity index (χ0n) is 39.1. The highest BCUT2D eigenvalue weighted by atomic mass is 19.1. The first kappa shape index (κ1) is 38.7.